The lowest BCUT2D eigenvalue weighted by molar-refractivity contribution is 0.0944. The molecule has 0 saturated carbocycles. The predicted octanol–water partition coefficient (Wildman–Crippen LogP) is 4.31. The molecule has 0 aliphatic heterocycles. The largest absolute Gasteiger partial charge is 0.347 e. The second-order valence-electron chi connectivity index (χ2n) is 6.56. The van der Waals surface area contributed by atoms with Gasteiger partial charge >= 0.3 is 0 Å². The van der Waals surface area contributed by atoms with Gasteiger partial charge in [-0.05, 0) is 48.6 Å². The number of nitrogens with zero attached hydrogens (tertiary/aromatic N) is 2. The second kappa shape index (κ2) is 9.48. The lowest BCUT2D eigenvalue weighted by Crippen LogP contribution is -2.27. The number of nitrogens with one attached hydrogen (secondary N) is 2. The Kier molecular flexibility index (Phi) is 6.79. The van der Waals surface area contributed by atoms with E-state index in [4.69, 9.17) is 12.2 Å². The summed E-state index contributed by atoms with van der Waals surface area (Å²) in [5.41, 5.74) is 3.72. The molecule has 0 unspecified atom stereocenters. The number of carbonyl (C=O) groups excluding carboxylic acids is 1. The van der Waals surface area contributed by atoms with Gasteiger partial charge in [0.05, 0.1) is 0 Å². The maximum Gasteiger partial charge on any atom is 0.270 e. The molecule has 1 amide bonds. The van der Waals surface area contributed by atoms with Gasteiger partial charge in [0.15, 0.2) is 4.77 Å². The van der Waals surface area contributed by atoms with Crippen LogP contribution in [0.15, 0.2) is 60.8 Å². The summed E-state index contributed by atoms with van der Waals surface area (Å²) < 4.78 is 2.25. The van der Waals surface area contributed by atoms with Crippen LogP contribution in [0.1, 0.15) is 35.5 Å². The van der Waals surface area contributed by atoms with E-state index in [1.807, 2.05) is 42.5 Å². The van der Waals surface area contributed by atoms with Crippen LogP contribution in [0.5, 0.6) is 0 Å². The predicted molar refractivity (Wildman–Crippen MR) is 115 cm³/mol. The van der Waals surface area contributed by atoms with Gasteiger partial charge < -0.3 is 10.3 Å². The Balaban J connectivity index is 1.77. The summed E-state index contributed by atoms with van der Waals surface area (Å²) in [5.74, 6) is -0.158. The molecule has 3 aromatic rings. The van der Waals surface area contributed by atoms with Crippen molar-refractivity contribution in [3.63, 3.8) is 0 Å². The molecule has 0 saturated heterocycles. The molecule has 2 aromatic carbocycles. The first kappa shape index (κ1) is 20.0. The number of rotatable bonds is 8. The normalized spacial score (nSPS) is 11.0. The van der Waals surface area contributed by atoms with Crippen LogP contribution in [0.3, 0.4) is 0 Å². The molecule has 28 heavy (non-hydrogen) atoms. The molecule has 2 N–H and O–H groups in total. The Hall–Kier alpha value is -2.70. The molecule has 5 nitrogen and oxygen atoms in total. The number of hydrogen-bond donors (Lipinski definition) is 2. The van der Waals surface area contributed by atoms with Crippen LogP contribution < -0.4 is 5.32 Å². The molecule has 0 aliphatic carbocycles. The van der Waals surface area contributed by atoms with Crippen molar-refractivity contribution in [2.45, 2.75) is 26.9 Å². The number of H-pyrrole nitrogens is 1. The minimum Gasteiger partial charge on any atom is -0.347 e. The highest BCUT2D eigenvalue weighted by Gasteiger charge is 2.15. The summed E-state index contributed by atoms with van der Waals surface area (Å²) in [7, 11) is 0. The number of carbonyl (C=O) groups is 1. The molecule has 0 spiro atoms. The molecule has 0 radical (unpaired) electrons. The Labute approximate surface area is 171 Å². The molecular weight excluding hydrogens is 368 g/mol. The molecule has 0 atom stereocenters. The van der Waals surface area contributed by atoms with Gasteiger partial charge in [-0.15, -0.1) is 0 Å². The smallest absolute Gasteiger partial charge is 0.270 e. The van der Waals surface area contributed by atoms with Crippen LogP contribution in [-0.2, 0) is 13.1 Å². The molecule has 6 heteroatoms. The highest BCUT2D eigenvalue weighted by atomic mass is 32.1. The summed E-state index contributed by atoms with van der Waals surface area (Å²) in [6, 6.07) is 17.9. The third kappa shape index (κ3) is 4.58. The fourth-order valence-electron chi connectivity index (χ4n) is 3.21. The first-order chi connectivity index (χ1) is 13.6. The fourth-order valence-corrected chi connectivity index (χ4v) is 3.47. The molecule has 0 bridgehead atoms. The fraction of sp³-hybridized carbons (Fsp3) is 0.273. The zero-order valence-electron chi connectivity index (χ0n) is 16.3. The van der Waals surface area contributed by atoms with Crippen LogP contribution in [0.4, 0.5) is 0 Å². The quantitative estimate of drug-likeness (QED) is 0.560. The van der Waals surface area contributed by atoms with Crippen LogP contribution in [0.25, 0.3) is 5.69 Å². The Morgan fingerprint density at radius 3 is 2.36 bits per heavy atom. The number of para-hydroxylation sites is 1. The minimum atomic E-state index is -0.158. The number of benzene rings is 2. The van der Waals surface area contributed by atoms with Crippen LogP contribution >= 0.6 is 12.2 Å². The van der Waals surface area contributed by atoms with Crippen molar-refractivity contribution in [2.24, 2.45) is 0 Å². The van der Waals surface area contributed by atoms with Gasteiger partial charge in [0, 0.05) is 25.0 Å². The van der Waals surface area contributed by atoms with Crippen molar-refractivity contribution < 1.29 is 4.79 Å². The van der Waals surface area contributed by atoms with Crippen LogP contribution in [0.2, 0.25) is 0 Å². The SMILES string of the molecule is CCN(CC)Cc1ccccc1CNC(=O)c1c[nH]c(=S)n1-c1ccccc1. The van der Waals surface area contributed by atoms with E-state index in [1.165, 1.54) is 5.56 Å². The number of aromatic amines is 1. The van der Waals surface area contributed by atoms with Gasteiger partial charge in [-0.1, -0.05) is 56.3 Å². The van der Waals surface area contributed by atoms with Crippen LogP contribution in [0, 0.1) is 4.77 Å². The maximum atomic E-state index is 12.9. The molecule has 146 valence electrons. The van der Waals surface area contributed by atoms with Gasteiger partial charge in [0.25, 0.3) is 5.91 Å². The highest BCUT2D eigenvalue weighted by Crippen LogP contribution is 2.14. The van der Waals surface area contributed by atoms with Crippen molar-refractivity contribution in [1.82, 2.24) is 19.8 Å². The van der Waals surface area contributed by atoms with Gasteiger partial charge in [-0.2, -0.15) is 0 Å². The molecule has 3 rings (SSSR count). The van der Waals surface area contributed by atoms with E-state index in [1.54, 1.807) is 10.8 Å². The summed E-state index contributed by atoms with van der Waals surface area (Å²) in [6.45, 7) is 7.67. The summed E-state index contributed by atoms with van der Waals surface area (Å²) in [6.07, 6.45) is 1.66. The minimum absolute atomic E-state index is 0.158. The summed E-state index contributed by atoms with van der Waals surface area (Å²) in [4.78, 5) is 18.2. The van der Waals surface area contributed by atoms with Gasteiger partial charge in [-0.3, -0.25) is 14.3 Å². The zero-order chi connectivity index (χ0) is 19.9. The molecule has 0 fully saturated rings. The summed E-state index contributed by atoms with van der Waals surface area (Å²) in [5, 5.41) is 3.04. The van der Waals surface area contributed by atoms with E-state index in [0.29, 0.717) is 17.0 Å². The van der Waals surface area contributed by atoms with Gasteiger partial charge in [0.1, 0.15) is 5.69 Å². The molecular formula is C22H26N4OS. The lowest BCUT2D eigenvalue weighted by Gasteiger charge is -2.20. The number of imidazole rings is 1. The number of hydrogen-bond acceptors (Lipinski definition) is 3. The number of aromatic nitrogens is 2. The standard InChI is InChI=1S/C22H26N4OS/c1-3-25(4-2)16-18-11-9-8-10-17(18)14-23-21(27)20-15-24-22(28)26(20)19-12-6-5-7-13-19/h5-13,15H,3-4,14,16H2,1-2H3,(H,23,27)(H,24,28). The van der Waals surface area contributed by atoms with E-state index in [2.05, 4.69) is 41.2 Å². The average Bonchev–Trinajstić information content (AvgIpc) is 3.13. The van der Waals surface area contributed by atoms with E-state index in [0.717, 1.165) is 30.9 Å². The van der Waals surface area contributed by atoms with E-state index in [-0.39, 0.29) is 5.91 Å². The van der Waals surface area contributed by atoms with Gasteiger partial charge in [0.2, 0.25) is 0 Å². The van der Waals surface area contributed by atoms with E-state index in [9.17, 15) is 4.79 Å². The van der Waals surface area contributed by atoms with Crippen LogP contribution in [-0.4, -0.2) is 33.4 Å². The first-order valence-electron chi connectivity index (χ1n) is 9.57. The monoisotopic (exact) mass is 394 g/mol. The molecule has 1 aromatic heterocycles. The lowest BCUT2D eigenvalue weighted by atomic mass is 10.1. The number of amides is 1. The molecule has 0 aliphatic rings. The second-order valence-corrected chi connectivity index (χ2v) is 6.95. The van der Waals surface area contributed by atoms with E-state index < -0.39 is 0 Å². The Morgan fingerprint density at radius 2 is 1.68 bits per heavy atom. The van der Waals surface area contributed by atoms with Gasteiger partial charge in [-0.25, -0.2) is 0 Å². The third-order valence-electron chi connectivity index (χ3n) is 4.87. The first-order valence-corrected chi connectivity index (χ1v) is 9.98. The van der Waals surface area contributed by atoms with E-state index >= 15 is 0 Å². The summed E-state index contributed by atoms with van der Waals surface area (Å²) >= 11 is 5.37. The third-order valence-corrected chi connectivity index (χ3v) is 5.17. The Morgan fingerprint density at radius 1 is 1.04 bits per heavy atom. The van der Waals surface area contributed by atoms with Crippen molar-refractivity contribution in [3.05, 3.63) is 82.4 Å². The van der Waals surface area contributed by atoms with Crippen molar-refractivity contribution in [2.75, 3.05) is 13.1 Å². The molecule has 1 heterocycles. The maximum absolute atomic E-state index is 12.9. The Bertz CT molecular complexity index is 973. The zero-order valence-corrected chi connectivity index (χ0v) is 17.1. The highest BCUT2D eigenvalue weighted by molar-refractivity contribution is 7.71. The van der Waals surface area contributed by atoms with Crippen molar-refractivity contribution >= 4 is 18.1 Å². The topological polar surface area (TPSA) is 53.1 Å². The van der Waals surface area contributed by atoms with Crippen molar-refractivity contribution in [3.8, 4) is 5.69 Å². The van der Waals surface area contributed by atoms with Crippen molar-refractivity contribution in [1.29, 1.82) is 0 Å². The average molecular weight is 395 g/mol.